The van der Waals surface area contributed by atoms with E-state index >= 15 is 0 Å². The van der Waals surface area contributed by atoms with Crippen LogP contribution >= 0.6 is 0 Å². The first kappa shape index (κ1) is 17.2. The van der Waals surface area contributed by atoms with Gasteiger partial charge in [-0.05, 0) is 45.8 Å². The van der Waals surface area contributed by atoms with Crippen LogP contribution in [0.3, 0.4) is 0 Å². The molecule has 0 aromatic heterocycles. The molecule has 0 aromatic carbocycles. The van der Waals surface area contributed by atoms with Crippen LogP contribution in [0.2, 0.25) is 52.4 Å². The summed E-state index contributed by atoms with van der Waals surface area (Å²) in [6.07, 6.45) is 0. The summed E-state index contributed by atoms with van der Waals surface area (Å²) in [5, 5.41) is 0. The van der Waals surface area contributed by atoms with Crippen molar-refractivity contribution in [2.24, 2.45) is 0 Å². The minimum atomic E-state index is -1.10. The predicted molar refractivity (Wildman–Crippen MR) is 77.7 cm³/mol. The molecule has 0 unspecified atom stereocenters. The van der Waals surface area contributed by atoms with E-state index in [9.17, 15) is 0 Å². The third kappa shape index (κ3) is 23.0. The van der Waals surface area contributed by atoms with E-state index in [0.29, 0.717) is 0 Å². The van der Waals surface area contributed by atoms with Crippen molar-refractivity contribution in [3.63, 3.8) is 0 Å². The molecule has 0 aromatic rings. The summed E-state index contributed by atoms with van der Waals surface area (Å²) < 4.78 is 11.0. The van der Waals surface area contributed by atoms with Gasteiger partial charge in [0.25, 0.3) is 0 Å². The molecule has 14 heavy (non-hydrogen) atoms. The van der Waals surface area contributed by atoms with Crippen molar-refractivity contribution < 1.29 is 8.23 Å². The molecular formula is C8H28O2Si4. The molecule has 0 rings (SSSR count). The third-order valence-electron chi connectivity index (χ3n) is 1.12. The van der Waals surface area contributed by atoms with E-state index in [0.717, 1.165) is 0 Å². The first-order chi connectivity index (χ1) is 6.19. The molecule has 0 fully saturated rings. The van der Waals surface area contributed by atoms with Gasteiger partial charge in [0.15, 0.2) is 26.4 Å². The Balaban J connectivity index is 0. The maximum atomic E-state index is 5.53. The Kier molecular flexibility index (Phi) is 11.1. The van der Waals surface area contributed by atoms with Crippen LogP contribution in [0.1, 0.15) is 0 Å². The maximum absolute atomic E-state index is 5.53. The van der Waals surface area contributed by atoms with Gasteiger partial charge in [-0.2, -0.15) is 0 Å². The Morgan fingerprint density at radius 1 is 0.929 bits per heavy atom. The fraction of sp³-hybridized carbons (Fsp3) is 1.00. The molecule has 0 saturated carbocycles. The first-order valence-corrected chi connectivity index (χ1v) is 16.4. The van der Waals surface area contributed by atoms with Crippen molar-refractivity contribution >= 4 is 36.2 Å². The predicted octanol–water partition coefficient (Wildman–Crippen LogP) is 1.94. The van der Waals surface area contributed by atoms with Gasteiger partial charge < -0.3 is 8.23 Å². The quantitative estimate of drug-likeness (QED) is 0.726. The topological polar surface area (TPSA) is 18.5 Å². The van der Waals surface area contributed by atoms with Crippen molar-refractivity contribution in [1.29, 1.82) is 0 Å². The zero-order chi connectivity index (χ0) is 11.8. The van der Waals surface area contributed by atoms with Gasteiger partial charge in [0, 0.05) is 0 Å². The zero-order valence-corrected chi connectivity index (χ0v) is 15.9. The summed E-state index contributed by atoms with van der Waals surface area (Å²) in [4.78, 5) is 0. The lowest BCUT2D eigenvalue weighted by Crippen LogP contribution is -2.26. The molecule has 88 valence electrons. The summed E-state index contributed by atoms with van der Waals surface area (Å²) in [5.74, 6) is 0. The Bertz CT molecular complexity index is 117. The van der Waals surface area contributed by atoms with Crippen molar-refractivity contribution in [3.8, 4) is 0 Å². The van der Waals surface area contributed by atoms with Crippen LogP contribution in [0.15, 0.2) is 0 Å². The normalized spacial score (nSPS) is 12.4. The molecule has 6 heteroatoms. The smallest absolute Gasteiger partial charge is 0.169 e. The second kappa shape index (κ2) is 9.05. The van der Waals surface area contributed by atoms with Crippen molar-refractivity contribution in [3.05, 3.63) is 0 Å². The standard InChI is InChI=1S/2C4H14OSi2/c1-6-5-7(2,3)4;1-6(2)5-7(3)4/h6H2,1-4H3;6-7H,1-4H3. The SMILES string of the molecule is C[SiH2]O[Si](C)(C)C.C[SiH](C)O[SiH](C)C. The van der Waals surface area contributed by atoms with Gasteiger partial charge in [0.1, 0.15) is 9.76 Å². The van der Waals surface area contributed by atoms with Crippen molar-refractivity contribution in [1.82, 2.24) is 0 Å². The maximum Gasteiger partial charge on any atom is 0.169 e. The molecule has 0 aliphatic carbocycles. The van der Waals surface area contributed by atoms with Gasteiger partial charge in [0.05, 0.1) is 0 Å². The van der Waals surface area contributed by atoms with E-state index in [1.54, 1.807) is 0 Å². The number of rotatable bonds is 4. The highest BCUT2D eigenvalue weighted by Crippen LogP contribution is 1.99. The van der Waals surface area contributed by atoms with E-state index < -0.39 is 26.4 Å². The lowest BCUT2D eigenvalue weighted by molar-refractivity contribution is 0.603. The molecule has 0 amide bonds. The van der Waals surface area contributed by atoms with Gasteiger partial charge in [-0.25, -0.2) is 0 Å². The third-order valence-corrected chi connectivity index (χ3v) is 10.1. The molecule has 0 spiro atoms. The molecule has 0 bridgehead atoms. The Labute approximate surface area is 96.9 Å². The molecule has 0 saturated heterocycles. The average Bonchev–Trinajstić information content (AvgIpc) is 1.80. The van der Waals surface area contributed by atoms with E-state index in [2.05, 4.69) is 52.4 Å². The van der Waals surface area contributed by atoms with Gasteiger partial charge in [-0.15, -0.1) is 0 Å². The summed E-state index contributed by atoms with van der Waals surface area (Å²) >= 11 is 0. The first-order valence-electron chi connectivity index (χ1n) is 5.48. The zero-order valence-electron chi connectivity index (χ0n) is 11.2. The largest absolute Gasteiger partial charge is 0.461 e. The van der Waals surface area contributed by atoms with Gasteiger partial charge in [0.2, 0.25) is 0 Å². The van der Waals surface area contributed by atoms with Crippen LogP contribution in [-0.4, -0.2) is 36.2 Å². The molecule has 0 heterocycles. The molecular weight excluding hydrogens is 240 g/mol. The van der Waals surface area contributed by atoms with Crippen molar-refractivity contribution in [2.45, 2.75) is 52.4 Å². The van der Waals surface area contributed by atoms with Crippen molar-refractivity contribution in [2.75, 3.05) is 0 Å². The monoisotopic (exact) mass is 268 g/mol. The molecule has 2 nitrogen and oxygen atoms in total. The lowest BCUT2D eigenvalue weighted by atomic mass is 11.8. The van der Waals surface area contributed by atoms with E-state index in [4.69, 9.17) is 8.23 Å². The Hall–Kier alpha value is 0.788. The highest BCUT2D eigenvalue weighted by molar-refractivity contribution is 6.73. The van der Waals surface area contributed by atoms with Crippen LogP contribution in [0.25, 0.3) is 0 Å². The van der Waals surface area contributed by atoms with Gasteiger partial charge in [-0.1, -0.05) is 6.55 Å². The van der Waals surface area contributed by atoms with Crippen LogP contribution in [-0.2, 0) is 8.23 Å². The Morgan fingerprint density at radius 2 is 1.29 bits per heavy atom. The molecule has 0 N–H and O–H groups in total. The minimum absolute atomic E-state index is 0.128. The summed E-state index contributed by atoms with van der Waals surface area (Å²) in [5.41, 5.74) is 0. The lowest BCUT2D eigenvalue weighted by Gasteiger charge is -2.14. The van der Waals surface area contributed by atoms with E-state index in [1.807, 2.05) is 0 Å². The molecule has 0 atom stereocenters. The van der Waals surface area contributed by atoms with Crippen LogP contribution in [0.5, 0.6) is 0 Å². The highest BCUT2D eigenvalue weighted by Gasteiger charge is 2.10. The second-order valence-corrected chi connectivity index (χ2v) is 16.0. The van der Waals surface area contributed by atoms with Gasteiger partial charge >= 0.3 is 0 Å². The summed E-state index contributed by atoms with van der Waals surface area (Å²) in [7, 11) is -2.56. The molecule has 0 aliphatic rings. The fourth-order valence-corrected chi connectivity index (χ4v) is 8.80. The minimum Gasteiger partial charge on any atom is -0.461 e. The number of hydrogen-bond donors (Lipinski definition) is 0. The van der Waals surface area contributed by atoms with E-state index in [-0.39, 0.29) is 9.76 Å². The summed E-state index contributed by atoms with van der Waals surface area (Å²) in [6, 6.07) is 0. The van der Waals surface area contributed by atoms with Crippen LogP contribution in [0.4, 0.5) is 0 Å². The summed E-state index contributed by atoms with van der Waals surface area (Å²) in [6.45, 7) is 17.7. The van der Waals surface area contributed by atoms with Crippen LogP contribution in [0, 0.1) is 0 Å². The van der Waals surface area contributed by atoms with Gasteiger partial charge in [-0.3, -0.25) is 0 Å². The fourth-order valence-electron chi connectivity index (χ4n) is 0.977. The molecule has 0 radical (unpaired) electrons. The second-order valence-electron chi connectivity index (χ2n) is 4.78. The van der Waals surface area contributed by atoms with Crippen LogP contribution < -0.4 is 0 Å². The highest BCUT2D eigenvalue weighted by atomic mass is 28.4. The Morgan fingerprint density at radius 3 is 1.29 bits per heavy atom. The van der Waals surface area contributed by atoms with E-state index in [1.165, 1.54) is 0 Å². The average molecular weight is 269 g/mol. The molecule has 0 aliphatic heterocycles. The number of hydrogen-bond acceptors (Lipinski definition) is 2.